The predicted molar refractivity (Wildman–Crippen MR) is 107 cm³/mol. The van der Waals surface area contributed by atoms with Crippen molar-refractivity contribution in [3.63, 3.8) is 0 Å². The highest BCUT2D eigenvalue weighted by atomic mass is 19.1. The second-order valence-electron chi connectivity index (χ2n) is 6.46. The summed E-state index contributed by atoms with van der Waals surface area (Å²) in [7, 11) is 0. The van der Waals surface area contributed by atoms with Crippen LogP contribution in [0.5, 0.6) is 0 Å². The minimum atomic E-state index is -0.599. The molecule has 1 heterocycles. The second-order valence-corrected chi connectivity index (χ2v) is 6.46. The molecule has 0 fully saturated rings. The lowest BCUT2D eigenvalue weighted by Gasteiger charge is -2.18. The first-order valence-electron chi connectivity index (χ1n) is 9.23. The summed E-state index contributed by atoms with van der Waals surface area (Å²) in [6.07, 6.45) is 0.915. The molecule has 0 spiro atoms. The topological polar surface area (TPSA) is 51.0 Å². The average Bonchev–Trinajstić information content (AvgIpc) is 3.23. The summed E-state index contributed by atoms with van der Waals surface area (Å²) in [6.45, 7) is 2.09. The highest BCUT2D eigenvalue weighted by molar-refractivity contribution is 5.53. The maximum absolute atomic E-state index is 14.6. The molecule has 0 aliphatic heterocycles. The minimum absolute atomic E-state index is 0.311. The number of rotatable bonds is 6. The van der Waals surface area contributed by atoms with E-state index < -0.39 is 6.04 Å². The molecule has 1 N–H and O–H groups in total. The molecular weight excluding hydrogens is 353 g/mol. The Hall–Kier alpha value is -3.47. The molecule has 0 aliphatic rings. The Morgan fingerprint density at radius 1 is 0.929 bits per heavy atom. The van der Waals surface area contributed by atoms with Crippen molar-refractivity contribution in [2.75, 3.05) is 5.32 Å². The van der Waals surface area contributed by atoms with Crippen molar-refractivity contribution in [2.24, 2.45) is 0 Å². The van der Waals surface area contributed by atoms with Crippen molar-refractivity contribution in [2.45, 2.75) is 19.4 Å². The summed E-state index contributed by atoms with van der Waals surface area (Å²) < 4.78 is 20.5. The largest absolute Gasteiger partial charge is 0.418 e. The SMILES string of the molecule is CCc1cccc(N[C@H](c2nnc(-c3ccccc3)o2)c2ccccc2F)c1. The molecule has 0 radical (unpaired) electrons. The third-order valence-electron chi connectivity index (χ3n) is 4.57. The third kappa shape index (κ3) is 3.78. The van der Waals surface area contributed by atoms with Gasteiger partial charge in [-0.05, 0) is 42.3 Å². The first-order valence-corrected chi connectivity index (χ1v) is 9.23. The van der Waals surface area contributed by atoms with E-state index in [4.69, 9.17) is 4.42 Å². The number of anilines is 1. The zero-order valence-electron chi connectivity index (χ0n) is 15.5. The Morgan fingerprint density at radius 2 is 1.71 bits per heavy atom. The Bertz CT molecular complexity index is 1060. The third-order valence-corrected chi connectivity index (χ3v) is 4.57. The van der Waals surface area contributed by atoms with Crippen molar-refractivity contribution >= 4 is 5.69 Å². The first kappa shape index (κ1) is 17.9. The van der Waals surface area contributed by atoms with Crippen LogP contribution in [0.2, 0.25) is 0 Å². The van der Waals surface area contributed by atoms with Gasteiger partial charge in [-0.15, -0.1) is 10.2 Å². The van der Waals surface area contributed by atoms with E-state index >= 15 is 0 Å². The van der Waals surface area contributed by atoms with Gasteiger partial charge >= 0.3 is 0 Å². The Kier molecular flexibility index (Phi) is 5.15. The summed E-state index contributed by atoms with van der Waals surface area (Å²) >= 11 is 0. The van der Waals surface area contributed by atoms with E-state index in [1.807, 2.05) is 48.5 Å². The van der Waals surface area contributed by atoms with Gasteiger partial charge in [-0.1, -0.05) is 55.5 Å². The van der Waals surface area contributed by atoms with Gasteiger partial charge in [0.2, 0.25) is 11.8 Å². The molecule has 0 aliphatic carbocycles. The van der Waals surface area contributed by atoms with Crippen LogP contribution >= 0.6 is 0 Å². The quantitative estimate of drug-likeness (QED) is 0.475. The maximum atomic E-state index is 14.6. The zero-order valence-corrected chi connectivity index (χ0v) is 15.5. The molecule has 4 rings (SSSR count). The van der Waals surface area contributed by atoms with Gasteiger partial charge in [0.15, 0.2) is 0 Å². The van der Waals surface area contributed by atoms with Crippen LogP contribution in [0.1, 0.15) is 30.0 Å². The van der Waals surface area contributed by atoms with Gasteiger partial charge < -0.3 is 9.73 Å². The van der Waals surface area contributed by atoms with Crippen LogP contribution in [-0.2, 0) is 6.42 Å². The van der Waals surface area contributed by atoms with Crippen molar-refractivity contribution in [3.05, 3.63) is 102 Å². The zero-order chi connectivity index (χ0) is 19.3. The fourth-order valence-corrected chi connectivity index (χ4v) is 3.08. The molecule has 0 bridgehead atoms. The number of benzene rings is 3. The lowest BCUT2D eigenvalue weighted by molar-refractivity contribution is 0.485. The summed E-state index contributed by atoms with van der Waals surface area (Å²) in [4.78, 5) is 0. The van der Waals surface area contributed by atoms with Gasteiger partial charge in [-0.25, -0.2) is 4.39 Å². The molecular formula is C23H20FN3O. The van der Waals surface area contributed by atoms with Gasteiger partial charge in [-0.3, -0.25) is 0 Å². The molecule has 0 unspecified atom stereocenters. The Morgan fingerprint density at radius 3 is 2.50 bits per heavy atom. The molecule has 28 heavy (non-hydrogen) atoms. The van der Waals surface area contributed by atoms with Gasteiger partial charge in [0.25, 0.3) is 0 Å². The molecule has 1 aromatic heterocycles. The summed E-state index contributed by atoms with van der Waals surface area (Å²) in [5, 5.41) is 11.7. The van der Waals surface area contributed by atoms with Crippen molar-refractivity contribution < 1.29 is 8.81 Å². The molecule has 0 saturated carbocycles. The lowest BCUT2D eigenvalue weighted by Crippen LogP contribution is -2.14. The van der Waals surface area contributed by atoms with E-state index in [1.54, 1.807) is 18.2 Å². The summed E-state index contributed by atoms with van der Waals surface area (Å²) in [5.74, 6) is 0.387. The van der Waals surface area contributed by atoms with Gasteiger partial charge in [0.05, 0.1) is 0 Å². The number of aromatic nitrogens is 2. The van der Waals surface area contributed by atoms with E-state index in [1.165, 1.54) is 11.6 Å². The van der Waals surface area contributed by atoms with Crippen LogP contribution in [0.4, 0.5) is 10.1 Å². The Labute approximate surface area is 163 Å². The molecule has 0 saturated heterocycles. The Balaban J connectivity index is 1.73. The van der Waals surface area contributed by atoms with E-state index in [-0.39, 0.29) is 5.82 Å². The molecule has 4 nitrogen and oxygen atoms in total. The van der Waals surface area contributed by atoms with Crippen LogP contribution in [0.25, 0.3) is 11.5 Å². The van der Waals surface area contributed by atoms with Crippen molar-refractivity contribution in [1.29, 1.82) is 0 Å². The fraction of sp³-hybridized carbons (Fsp3) is 0.130. The minimum Gasteiger partial charge on any atom is -0.418 e. The predicted octanol–water partition coefficient (Wildman–Crippen LogP) is 5.64. The maximum Gasteiger partial charge on any atom is 0.247 e. The number of nitrogens with zero attached hydrogens (tertiary/aromatic N) is 2. The van der Waals surface area contributed by atoms with E-state index in [2.05, 4.69) is 28.5 Å². The van der Waals surface area contributed by atoms with Crippen LogP contribution in [0.15, 0.2) is 83.3 Å². The van der Waals surface area contributed by atoms with Crippen LogP contribution < -0.4 is 5.32 Å². The van der Waals surface area contributed by atoms with Crippen molar-refractivity contribution in [1.82, 2.24) is 10.2 Å². The molecule has 5 heteroatoms. The highest BCUT2D eigenvalue weighted by Gasteiger charge is 2.24. The monoisotopic (exact) mass is 373 g/mol. The standard InChI is InChI=1S/C23H20FN3O/c1-2-16-9-8-12-18(15-16)25-21(19-13-6-7-14-20(19)24)23-27-26-22(28-23)17-10-4-3-5-11-17/h3-15,21,25H,2H2,1H3/t21-/m0/s1. The normalized spacial score (nSPS) is 11.9. The van der Waals surface area contributed by atoms with E-state index in [9.17, 15) is 4.39 Å². The average molecular weight is 373 g/mol. The molecule has 4 aromatic rings. The van der Waals surface area contributed by atoms with Crippen LogP contribution in [0.3, 0.4) is 0 Å². The first-order chi connectivity index (χ1) is 13.7. The molecule has 1 atom stereocenters. The van der Waals surface area contributed by atoms with Crippen LogP contribution in [-0.4, -0.2) is 10.2 Å². The summed E-state index contributed by atoms with van der Waals surface area (Å²) in [6, 6.07) is 23.6. The smallest absolute Gasteiger partial charge is 0.247 e. The number of hydrogen-bond donors (Lipinski definition) is 1. The fourth-order valence-electron chi connectivity index (χ4n) is 3.08. The van der Waals surface area contributed by atoms with Gasteiger partial charge in [0.1, 0.15) is 11.9 Å². The van der Waals surface area contributed by atoms with Crippen molar-refractivity contribution in [3.8, 4) is 11.5 Å². The second kappa shape index (κ2) is 8.05. The number of nitrogens with one attached hydrogen (secondary N) is 1. The molecule has 3 aromatic carbocycles. The van der Waals surface area contributed by atoms with Gasteiger partial charge in [-0.2, -0.15) is 0 Å². The van der Waals surface area contributed by atoms with Gasteiger partial charge in [0, 0.05) is 16.8 Å². The lowest BCUT2D eigenvalue weighted by atomic mass is 10.0. The number of aryl methyl sites for hydroxylation is 1. The summed E-state index contributed by atoms with van der Waals surface area (Å²) in [5.41, 5.74) is 3.33. The number of halogens is 1. The molecule has 140 valence electrons. The highest BCUT2D eigenvalue weighted by Crippen LogP contribution is 2.30. The van der Waals surface area contributed by atoms with E-state index in [0.717, 1.165) is 17.7 Å². The molecule has 0 amide bonds. The van der Waals surface area contributed by atoms with Crippen LogP contribution in [0, 0.1) is 5.82 Å². The number of hydrogen-bond acceptors (Lipinski definition) is 4. The van der Waals surface area contributed by atoms with E-state index in [0.29, 0.717) is 17.3 Å².